The zero-order chi connectivity index (χ0) is 17.4. The first kappa shape index (κ1) is 16.4. The largest absolute Gasteiger partial charge is 0.467 e. The van der Waals surface area contributed by atoms with E-state index in [-0.39, 0.29) is 23.8 Å². The lowest BCUT2D eigenvalue weighted by Crippen LogP contribution is -2.43. The van der Waals surface area contributed by atoms with Crippen molar-refractivity contribution in [3.05, 3.63) is 46.0 Å². The minimum atomic E-state index is -0.239. The Kier molecular flexibility index (Phi) is 4.37. The van der Waals surface area contributed by atoms with E-state index in [0.717, 1.165) is 25.1 Å². The maximum absolute atomic E-state index is 13.1. The highest BCUT2D eigenvalue weighted by Crippen LogP contribution is 2.37. The van der Waals surface area contributed by atoms with Crippen molar-refractivity contribution >= 4 is 23.2 Å². The quantitative estimate of drug-likeness (QED) is 0.843. The Bertz CT molecular complexity index is 767. The highest BCUT2D eigenvalue weighted by molar-refractivity contribution is 7.10. The van der Waals surface area contributed by atoms with Crippen LogP contribution < -0.4 is 0 Å². The van der Waals surface area contributed by atoms with Crippen molar-refractivity contribution < 1.29 is 14.0 Å². The Labute approximate surface area is 151 Å². The lowest BCUT2D eigenvalue weighted by atomic mass is 9.95. The minimum absolute atomic E-state index is 0.0380. The molecule has 2 aromatic heterocycles. The summed E-state index contributed by atoms with van der Waals surface area (Å²) in [5.41, 5.74) is 1.30. The van der Waals surface area contributed by atoms with Gasteiger partial charge in [-0.25, -0.2) is 0 Å². The summed E-state index contributed by atoms with van der Waals surface area (Å²) in [7, 11) is 0. The molecule has 2 aromatic rings. The molecule has 5 nitrogen and oxygen atoms in total. The van der Waals surface area contributed by atoms with E-state index in [9.17, 15) is 9.59 Å². The van der Waals surface area contributed by atoms with E-state index in [1.165, 1.54) is 10.4 Å². The van der Waals surface area contributed by atoms with Gasteiger partial charge in [-0.1, -0.05) is 6.92 Å². The van der Waals surface area contributed by atoms with Crippen LogP contribution in [0.5, 0.6) is 0 Å². The van der Waals surface area contributed by atoms with Crippen LogP contribution in [-0.4, -0.2) is 34.7 Å². The highest BCUT2D eigenvalue weighted by Gasteiger charge is 2.40. The molecule has 0 radical (unpaired) electrons. The number of fused-ring (bicyclic) bond motifs is 1. The molecule has 0 bridgehead atoms. The third-order valence-corrected chi connectivity index (χ3v) is 6.25. The normalized spacial score (nSPS) is 23.2. The Hall–Kier alpha value is -2.08. The lowest BCUT2D eigenvalue weighted by molar-refractivity contribution is -0.138. The number of nitrogens with zero attached hydrogens (tertiary/aromatic N) is 2. The fraction of sp³-hybridized carbons (Fsp3) is 0.474. The van der Waals surface area contributed by atoms with Gasteiger partial charge in [-0.2, -0.15) is 0 Å². The van der Waals surface area contributed by atoms with E-state index in [0.29, 0.717) is 19.5 Å². The van der Waals surface area contributed by atoms with E-state index in [1.54, 1.807) is 22.5 Å². The lowest BCUT2D eigenvalue weighted by Gasteiger charge is -2.37. The Morgan fingerprint density at radius 3 is 3.04 bits per heavy atom. The van der Waals surface area contributed by atoms with Crippen molar-refractivity contribution in [1.82, 2.24) is 9.80 Å². The number of thiophene rings is 1. The Balaban J connectivity index is 1.47. The molecule has 4 rings (SSSR count). The van der Waals surface area contributed by atoms with Crippen molar-refractivity contribution in [3.63, 3.8) is 0 Å². The van der Waals surface area contributed by atoms with Crippen molar-refractivity contribution in [2.45, 2.75) is 38.8 Å². The monoisotopic (exact) mass is 358 g/mol. The minimum Gasteiger partial charge on any atom is -0.467 e. The summed E-state index contributed by atoms with van der Waals surface area (Å²) in [5.74, 6) is 0.681. The molecule has 2 aliphatic heterocycles. The van der Waals surface area contributed by atoms with Crippen LogP contribution in [0, 0.1) is 5.92 Å². The standard InChI is InChI=1S/C19H22N2O3S/c1-2-16-15-6-9-25-17(15)5-7-21(16)19(23)13-10-18(22)20(11-13)12-14-4-3-8-24-14/h3-4,6,8-9,13,16H,2,5,7,10-12H2,1H3. The van der Waals surface area contributed by atoms with Gasteiger partial charge in [-0.3, -0.25) is 9.59 Å². The topological polar surface area (TPSA) is 53.8 Å². The predicted octanol–water partition coefficient (Wildman–Crippen LogP) is 3.23. The van der Waals surface area contributed by atoms with Crippen LogP contribution in [0.15, 0.2) is 34.3 Å². The second-order valence-electron chi connectivity index (χ2n) is 6.76. The average molecular weight is 358 g/mol. The molecule has 0 saturated carbocycles. The predicted molar refractivity (Wildman–Crippen MR) is 95.0 cm³/mol. The van der Waals surface area contributed by atoms with E-state index in [2.05, 4.69) is 18.4 Å². The second kappa shape index (κ2) is 6.67. The molecule has 6 heteroatoms. The number of hydrogen-bond donors (Lipinski definition) is 0. The van der Waals surface area contributed by atoms with Crippen molar-refractivity contribution in [2.24, 2.45) is 5.92 Å². The molecular weight excluding hydrogens is 336 g/mol. The van der Waals surface area contributed by atoms with Crippen LogP contribution in [0.3, 0.4) is 0 Å². The number of hydrogen-bond acceptors (Lipinski definition) is 4. The van der Waals surface area contributed by atoms with Crippen LogP contribution >= 0.6 is 11.3 Å². The van der Waals surface area contributed by atoms with Gasteiger partial charge in [-0.05, 0) is 42.0 Å². The van der Waals surface area contributed by atoms with Gasteiger partial charge in [0.25, 0.3) is 0 Å². The van der Waals surface area contributed by atoms with Crippen LogP contribution in [0.4, 0.5) is 0 Å². The van der Waals surface area contributed by atoms with Crippen LogP contribution in [-0.2, 0) is 22.6 Å². The van der Waals surface area contributed by atoms with Gasteiger partial charge < -0.3 is 14.2 Å². The van der Waals surface area contributed by atoms with Crippen LogP contribution in [0.2, 0.25) is 0 Å². The molecule has 0 N–H and O–H groups in total. The fourth-order valence-electron chi connectivity index (χ4n) is 4.02. The molecule has 4 heterocycles. The Morgan fingerprint density at radius 2 is 2.28 bits per heavy atom. The first-order valence-electron chi connectivity index (χ1n) is 8.84. The fourth-order valence-corrected chi connectivity index (χ4v) is 4.94. The maximum atomic E-state index is 13.1. The first-order valence-corrected chi connectivity index (χ1v) is 9.72. The number of carbonyl (C=O) groups is 2. The van der Waals surface area contributed by atoms with E-state index in [4.69, 9.17) is 4.42 Å². The number of likely N-dealkylation sites (tertiary alicyclic amines) is 1. The first-order chi connectivity index (χ1) is 12.2. The average Bonchev–Trinajstić information content (AvgIpc) is 3.35. The summed E-state index contributed by atoms with van der Waals surface area (Å²) in [4.78, 5) is 30.6. The number of furan rings is 1. The third kappa shape index (κ3) is 2.99. The molecule has 2 amide bonds. The number of rotatable bonds is 4. The summed E-state index contributed by atoms with van der Waals surface area (Å²) >= 11 is 1.78. The summed E-state index contributed by atoms with van der Waals surface area (Å²) < 4.78 is 5.33. The van der Waals surface area contributed by atoms with Crippen LogP contribution in [0.25, 0.3) is 0 Å². The molecule has 0 spiro atoms. The highest BCUT2D eigenvalue weighted by atomic mass is 32.1. The maximum Gasteiger partial charge on any atom is 0.228 e. The zero-order valence-electron chi connectivity index (χ0n) is 14.3. The number of amides is 2. The molecule has 1 saturated heterocycles. The van der Waals surface area contributed by atoms with Gasteiger partial charge in [0.05, 0.1) is 24.8 Å². The van der Waals surface area contributed by atoms with Crippen molar-refractivity contribution in [2.75, 3.05) is 13.1 Å². The SMILES string of the molecule is CCC1c2ccsc2CCN1C(=O)C1CC(=O)N(Cc2ccco2)C1. The molecule has 25 heavy (non-hydrogen) atoms. The summed E-state index contributed by atoms with van der Waals surface area (Å²) in [6.45, 7) is 3.82. The van der Waals surface area contributed by atoms with Gasteiger partial charge in [0, 0.05) is 24.4 Å². The molecule has 132 valence electrons. The molecule has 1 fully saturated rings. The van der Waals surface area contributed by atoms with E-state index >= 15 is 0 Å². The van der Waals surface area contributed by atoms with Gasteiger partial charge in [0.1, 0.15) is 5.76 Å². The summed E-state index contributed by atoms with van der Waals surface area (Å²) in [5, 5.41) is 2.12. The molecular formula is C19H22N2O3S. The zero-order valence-corrected chi connectivity index (χ0v) is 15.1. The van der Waals surface area contributed by atoms with Gasteiger partial charge in [0.15, 0.2) is 0 Å². The van der Waals surface area contributed by atoms with Gasteiger partial charge in [-0.15, -0.1) is 11.3 Å². The molecule has 2 aliphatic rings. The third-order valence-electron chi connectivity index (χ3n) is 5.26. The van der Waals surface area contributed by atoms with Gasteiger partial charge in [0.2, 0.25) is 11.8 Å². The van der Waals surface area contributed by atoms with Crippen molar-refractivity contribution in [3.8, 4) is 0 Å². The second-order valence-corrected chi connectivity index (χ2v) is 7.76. The van der Waals surface area contributed by atoms with Crippen LogP contribution in [0.1, 0.15) is 42.0 Å². The molecule has 2 atom stereocenters. The van der Waals surface area contributed by atoms with Gasteiger partial charge >= 0.3 is 0 Å². The summed E-state index contributed by atoms with van der Waals surface area (Å²) in [6, 6.07) is 5.97. The number of carbonyl (C=O) groups excluding carboxylic acids is 2. The van der Waals surface area contributed by atoms with Crippen molar-refractivity contribution in [1.29, 1.82) is 0 Å². The Morgan fingerprint density at radius 1 is 1.40 bits per heavy atom. The van der Waals surface area contributed by atoms with E-state index < -0.39 is 0 Å². The van der Waals surface area contributed by atoms with E-state index in [1.807, 2.05) is 17.0 Å². The smallest absolute Gasteiger partial charge is 0.228 e. The summed E-state index contributed by atoms with van der Waals surface area (Å²) in [6.07, 6.45) is 3.75. The molecule has 2 unspecified atom stereocenters. The molecule has 0 aliphatic carbocycles. The molecule has 0 aromatic carbocycles.